The van der Waals surface area contributed by atoms with Gasteiger partial charge in [-0.15, -0.1) is 0 Å². The van der Waals surface area contributed by atoms with Gasteiger partial charge >= 0.3 is 6.16 Å². The highest BCUT2D eigenvalue weighted by atomic mass is 32.2. The van der Waals surface area contributed by atoms with Crippen molar-refractivity contribution in [3.8, 4) is 0 Å². The van der Waals surface area contributed by atoms with Gasteiger partial charge in [-0.3, -0.25) is 0 Å². The van der Waals surface area contributed by atoms with Crippen molar-refractivity contribution < 1.29 is 19.2 Å². The predicted molar refractivity (Wildman–Crippen MR) is 26.1 cm³/mol. The Morgan fingerprint density at radius 1 is 1.88 bits per heavy atom. The van der Waals surface area contributed by atoms with Crippen LogP contribution < -0.4 is 0 Å². The Labute approximate surface area is 49.6 Å². The molecule has 4 nitrogen and oxygen atoms in total. The van der Waals surface area contributed by atoms with Gasteiger partial charge < -0.3 is 9.29 Å². The first-order valence-electron chi connectivity index (χ1n) is 1.76. The molecule has 0 aromatic carbocycles. The van der Waals surface area contributed by atoms with E-state index in [0.29, 0.717) is 0 Å². The number of hydrogen-bond donors (Lipinski definition) is 0. The van der Waals surface area contributed by atoms with Gasteiger partial charge in [0.2, 0.25) is 0 Å². The van der Waals surface area contributed by atoms with Crippen molar-refractivity contribution in [3.05, 3.63) is 0 Å². The lowest BCUT2D eigenvalue weighted by molar-refractivity contribution is 0.0816. The summed E-state index contributed by atoms with van der Waals surface area (Å²) in [4.78, 5) is 9.44. The smallest absolute Gasteiger partial charge is 0.553 e. The van der Waals surface area contributed by atoms with Crippen molar-refractivity contribution in [3.63, 3.8) is 0 Å². The van der Waals surface area contributed by atoms with Gasteiger partial charge in [0.15, 0.2) is 0 Å². The average Bonchev–Trinajstić information content (AvgIpc) is 1.61. The average molecular weight is 137 g/mol. The molecule has 0 aliphatic carbocycles. The van der Waals surface area contributed by atoms with Gasteiger partial charge in [-0.1, -0.05) is 0 Å². The molecule has 0 aliphatic rings. The molecular weight excluding hydrogens is 132 g/mol. The molecule has 8 heavy (non-hydrogen) atoms. The van der Waals surface area contributed by atoms with Crippen LogP contribution in [0.5, 0.6) is 0 Å². The van der Waals surface area contributed by atoms with Crippen LogP contribution in [0.3, 0.4) is 0 Å². The lowest BCUT2D eigenvalue weighted by Gasteiger charge is -2.00. The van der Waals surface area contributed by atoms with Crippen molar-refractivity contribution in [1.82, 2.24) is 0 Å². The molecule has 5 heteroatoms. The summed E-state index contributed by atoms with van der Waals surface area (Å²) in [5.74, 6) is -0.303. The molecule has 0 heterocycles. The van der Waals surface area contributed by atoms with Crippen molar-refractivity contribution in [1.29, 1.82) is 0 Å². The third kappa shape index (κ3) is 5.58. The molecule has 0 spiro atoms. The fourth-order valence-corrected chi connectivity index (χ4v) is 0.393. The molecule has 0 aliphatic heterocycles. The third-order valence-electron chi connectivity index (χ3n) is 0.343. The van der Waals surface area contributed by atoms with Crippen LogP contribution in [0.1, 0.15) is 0 Å². The molecule has 0 aromatic rings. The maximum atomic E-state index is 10.0. The predicted octanol–water partition coefficient (Wildman–Crippen LogP) is -0.110. The van der Waals surface area contributed by atoms with Gasteiger partial charge in [-0.25, -0.2) is 0 Å². The molecule has 0 amide bonds. The van der Waals surface area contributed by atoms with Crippen LogP contribution in [0.25, 0.3) is 0 Å². The Hall–Kier alpha value is -0.420. The molecule has 1 unspecified atom stereocenters. The zero-order chi connectivity index (χ0) is 6.57. The van der Waals surface area contributed by atoms with Crippen LogP contribution in [0.4, 0.5) is 4.79 Å². The maximum Gasteiger partial charge on any atom is 0.553 e. The van der Waals surface area contributed by atoms with Crippen LogP contribution in [0.2, 0.25) is 0 Å². The summed E-state index contributed by atoms with van der Waals surface area (Å²) in [6.45, 7) is 0. The molecule has 0 rings (SSSR count). The van der Waals surface area contributed by atoms with Crippen LogP contribution in [-0.4, -0.2) is 22.9 Å². The van der Waals surface area contributed by atoms with Crippen molar-refractivity contribution >= 4 is 17.3 Å². The standard InChI is InChI=1S/C3H5O4S/c1-8(6)2-7-3(4)5/h2H2,1H3. The Kier molecular flexibility index (Phi) is 3.38. The second-order valence-corrected chi connectivity index (χ2v) is 2.47. The minimum atomic E-state index is -1.64. The lowest BCUT2D eigenvalue weighted by Crippen LogP contribution is -2.09. The van der Waals surface area contributed by atoms with Gasteiger partial charge in [-0.05, 0) is 11.2 Å². The van der Waals surface area contributed by atoms with Gasteiger partial charge in [0.25, 0.3) is 5.94 Å². The molecule has 0 saturated heterocycles. The summed E-state index contributed by atoms with van der Waals surface area (Å²) in [6.07, 6.45) is -0.302. The minimum absolute atomic E-state index is 0.303. The molecule has 0 saturated carbocycles. The summed E-state index contributed by atoms with van der Waals surface area (Å²) in [5.41, 5.74) is 0. The zero-order valence-corrected chi connectivity index (χ0v) is 5.06. The normalized spacial score (nSPS) is 12.8. The molecular formula is C3H5O4S. The summed E-state index contributed by atoms with van der Waals surface area (Å²) < 4.78 is 13.9. The van der Waals surface area contributed by atoms with Crippen LogP contribution in [0.15, 0.2) is 0 Å². The van der Waals surface area contributed by atoms with Gasteiger partial charge in [0.1, 0.15) is 0 Å². The first kappa shape index (κ1) is 7.58. The highest BCUT2D eigenvalue weighted by molar-refractivity contribution is 7.90. The summed E-state index contributed by atoms with van der Waals surface area (Å²) in [5, 5.41) is 9.44. The van der Waals surface area contributed by atoms with Crippen LogP contribution in [-0.2, 0) is 21.0 Å². The fraction of sp³-hybridized carbons (Fsp3) is 0.667. The van der Waals surface area contributed by atoms with E-state index in [1.807, 2.05) is 0 Å². The van der Waals surface area contributed by atoms with E-state index in [2.05, 4.69) is 4.74 Å². The Balaban J connectivity index is 3.05. The molecule has 1 atom stereocenters. The van der Waals surface area contributed by atoms with E-state index in [0.717, 1.165) is 0 Å². The van der Waals surface area contributed by atoms with E-state index in [-0.39, 0.29) is 5.94 Å². The van der Waals surface area contributed by atoms with Crippen molar-refractivity contribution in [2.75, 3.05) is 12.2 Å². The van der Waals surface area contributed by atoms with E-state index in [1.54, 1.807) is 0 Å². The number of ether oxygens (including phenoxy) is 1. The molecule has 0 bridgehead atoms. The second kappa shape index (κ2) is 3.57. The van der Waals surface area contributed by atoms with Gasteiger partial charge in [-0.2, -0.15) is 9.90 Å². The Morgan fingerprint density at radius 2 is 2.38 bits per heavy atom. The van der Waals surface area contributed by atoms with Crippen LogP contribution >= 0.6 is 0 Å². The van der Waals surface area contributed by atoms with Crippen molar-refractivity contribution in [2.45, 2.75) is 0 Å². The summed E-state index contributed by atoms with van der Waals surface area (Å²) in [6, 6.07) is 0. The number of carbonyl (C=O) groups excluding carboxylic acids is 1. The quantitative estimate of drug-likeness (QED) is 0.394. The lowest BCUT2D eigenvalue weighted by atomic mass is 11.4. The van der Waals surface area contributed by atoms with E-state index in [4.69, 9.17) is 0 Å². The molecule has 1 radical (unpaired) electrons. The summed E-state index contributed by atoms with van der Waals surface area (Å²) in [7, 11) is 0. The highest BCUT2D eigenvalue weighted by Gasteiger charge is 2.02. The second-order valence-electron chi connectivity index (χ2n) is 1.09. The van der Waals surface area contributed by atoms with Crippen molar-refractivity contribution in [2.24, 2.45) is 0 Å². The Morgan fingerprint density at radius 3 is 2.50 bits per heavy atom. The highest BCUT2D eigenvalue weighted by Crippen LogP contribution is 1.84. The Bertz CT molecular complexity index is 81.4. The number of carbonyl (C=O) groups is 1. The first-order valence-corrected chi connectivity index (χ1v) is 3.49. The maximum absolute atomic E-state index is 10.0. The third-order valence-corrected chi connectivity index (χ3v) is 0.793. The minimum Gasteiger partial charge on any atom is -0.614 e. The molecule has 0 N–H and O–H groups in total. The molecule has 0 aromatic heterocycles. The van der Waals surface area contributed by atoms with E-state index in [1.165, 1.54) is 6.26 Å². The molecule has 47 valence electrons. The number of hydrogen-bond acceptors (Lipinski definition) is 3. The SMILES string of the molecule is C[S+]([O-])COC([O])=O. The zero-order valence-electron chi connectivity index (χ0n) is 4.25. The monoisotopic (exact) mass is 137 g/mol. The fourth-order valence-electron chi connectivity index (χ4n) is 0.131. The van der Waals surface area contributed by atoms with Gasteiger partial charge in [0, 0.05) is 0 Å². The van der Waals surface area contributed by atoms with Crippen LogP contribution in [0, 0.1) is 0 Å². The topological polar surface area (TPSA) is 69.3 Å². The summed E-state index contributed by atoms with van der Waals surface area (Å²) >= 11 is -1.23. The largest absolute Gasteiger partial charge is 0.614 e. The first-order chi connectivity index (χ1) is 3.63. The van der Waals surface area contributed by atoms with E-state index < -0.39 is 17.3 Å². The number of rotatable bonds is 2. The van der Waals surface area contributed by atoms with Gasteiger partial charge in [0.05, 0.1) is 6.26 Å². The molecule has 0 fully saturated rings. The van der Waals surface area contributed by atoms with E-state index in [9.17, 15) is 14.5 Å². The van der Waals surface area contributed by atoms with E-state index >= 15 is 0 Å².